The average Bonchev–Trinajstić information content (AvgIpc) is 3.26. The highest BCUT2D eigenvalue weighted by Gasteiger charge is 2.25. The van der Waals surface area contributed by atoms with Crippen LogP contribution in [0.2, 0.25) is 0 Å². The molecule has 2 aliphatic heterocycles. The molecule has 154 valence electrons. The topological polar surface area (TPSA) is 61.8 Å². The second-order valence-electron chi connectivity index (χ2n) is 8.32. The highest BCUT2D eigenvalue weighted by molar-refractivity contribution is 5.76. The van der Waals surface area contributed by atoms with Gasteiger partial charge in [-0.15, -0.1) is 0 Å². The molecule has 1 saturated carbocycles. The number of rotatable bonds is 5. The molecule has 0 spiro atoms. The molecule has 0 radical (unpaired) electrons. The maximum absolute atomic E-state index is 12.6. The van der Waals surface area contributed by atoms with Crippen LogP contribution in [0.25, 0.3) is 0 Å². The number of hydrogen-bond acceptors (Lipinski definition) is 6. The van der Waals surface area contributed by atoms with Crippen molar-refractivity contribution in [1.29, 1.82) is 0 Å². The lowest BCUT2D eigenvalue weighted by molar-refractivity contribution is -0.131. The van der Waals surface area contributed by atoms with Crippen molar-refractivity contribution in [2.24, 2.45) is 5.92 Å². The molecule has 1 aliphatic carbocycles. The first-order chi connectivity index (χ1) is 13.7. The van der Waals surface area contributed by atoms with Crippen molar-refractivity contribution in [3.05, 3.63) is 11.8 Å². The Balaban J connectivity index is 1.31. The monoisotopic (exact) mass is 387 g/mol. The molecular formula is C21H33N5O2. The zero-order chi connectivity index (χ0) is 19.3. The predicted molar refractivity (Wildman–Crippen MR) is 110 cm³/mol. The summed E-state index contributed by atoms with van der Waals surface area (Å²) in [7, 11) is 0. The van der Waals surface area contributed by atoms with Crippen molar-refractivity contribution < 1.29 is 9.53 Å². The summed E-state index contributed by atoms with van der Waals surface area (Å²) in [5.74, 6) is 2.88. The van der Waals surface area contributed by atoms with E-state index < -0.39 is 0 Å². The van der Waals surface area contributed by atoms with E-state index >= 15 is 0 Å². The van der Waals surface area contributed by atoms with Gasteiger partial charge < -0.3 is 19.4 Å². The van der Waals surface area contributed by atoms with Gasteiger partial charge in [0.15, 0.2) is 0 Å². The lowest BCUT2D eigenvalue weighted by Gasteiger charge is -2.35. The fourth-order valence-electron chi connectivity index (χ4n) is 4.57. The third-order valence-corrected chi connectivity index (χ3v) is 6.32. The molecule has 2 saturated heterocycles. The van der Waals surface area contributed by atoms with Gasteiger partial charge in [0.1, 0.15) is 5.82 Å². The van der Waals surface area contributed by atoms with Crippen LogP contribution in [0.4, 0.5) is 11.8 Å². The van der Waals surface area contributed by atoms with Crippen LogP contribution in [0.3, 0.4) is 0 Å². The van der Waals surface area contributed by atoms with Gasteiger partial charge in [-0.25, -0.2) is 4.98 Å². The molecule has 3 heterocycles. The Morgan fingerprint density at radius 2 is 1.75 bits per heavy atom. The van der Waals surface area contributed by atoms with Gasteiger partial charge in [0.2, 0.25) is 11.9 Å². The molecular weight excluding hydrogens is 354 g/mol. The fourth-order valence-corrected chi connectivity index (χ4v) is 4.57. The highest BCUT2D eigenvalue weighted by atomic mass is 16.5. The summed E-state index contributed by atoms with van der Waals surface area (Å²) >= 11 is 0. The van der Waals surface area contributed by atoms with E-state index in [1.165, 1.54) is 25.7 Å². The molecule has 1 aromatic heterocycles. The van der Waals surface area contributed by atoms with Crippen molar-refractivity contribution in [1.82, 2.24) is 14.9 Å². The zero-order valence-electron chi connectivity index (χ0n) is 17.1. The van der Waals surface area contributed by atoms with Crippen molar-refractivity contribution in [3.63, 3.8) is 0 Å². The Bertz CT molecular complexity index is 663. The van der Waals surface area contributed by atoms with Crippen LogP contribution in [0, 0.1) is 12.8 Å². The molecule has 1 amide bonds. The molecule has 3 aliphatic rings. The molecule has 0 N–H and O–H groups in total. The lowest BCUT2D eigenvalue weighted by atomic mass is 10.0. The summed E-state index contributed by atoms with van der Waals surface area (Å²) in [6, 6.07) is 2.05. The number of amides is 1. The molecule has 1 aromatic rings. The number of nitrogens with zero attached hydrogens (tertiary/aromatic N) is 5. The zero-order valence-corrected chi connectivity index (χ0v) is 17.1. The third-order valence-electron chi connectivity index (χ3n) is 6.32. The van der Waals surface area contributed by atoms with Gasteiger partial charge in [0.25, 0.3) is 0 Å². The number of aryl methyl sites for hydroxylation is 1. The maximum atomic E-state index is 12.6. The smallest absolute Gasteiger partial charge is 0.227 e. The second-order valence-corrected chi connectivity index (χ2v) is 8.32. The molecule has 0 aromatic carbocycles. The molecule has 0 unspecified atom stereocenters. The van der Waals surface area contributed by atoms with Crippen LogP contribution >= 0.6 is 0 Å². The molecule has 0 bridgehead atoms. The minimum Gasteiger partial charge on any atom is -0.378 e. The van der Waals surface area contributed by atoms with Gasteiger partial charge in [-0.3, -0.25) is 4.79 Å². The number of carbonyl (C=O) groups is 1. The Morgan fingerprint density at radius 1 is 1.04 bits per heavy atom. The highest BCUT2D eigenvalue weighted by Crippen LogP contribution is 2.29. The van der Waals surface area contributed by atoms with Gasteiger partial charge in [0.05, 0.1) is 13.2 Å². The minimum absolute atomic E-state index is 0.325. The Labute approximate surface area is 168 Å². The predicted octanol–water partition coefficient (Wildman–Crippen LogP) is 2.24. The Kier molecular flexibility index (Phi) is 6.29. The molecule has 0 atom stereocenters. The van der Waals surface area contributed by atoms with E-state index in [2.05, 4.69) is 20.9 Å². The summed E-state index contributed by atoms with van der Waals surface area (Å²) in [4.78, 5) is 28.6. The third kappa shape index (κ3) is 4.74. The Hall–Kier alpha value is -1.89. The number of piperazine rings is 1. The van der Waals surface area contributed by atoms with Crippen LogP contribution < -0.4 is 9.80 Å². The maximum Gasteiger partial charge on any atom is 0.227 e. The van der Waals surface area contributed by atoms with Crippen molar-refractivity contribution in [2.75, 3.05) is 62.3 Å². The van der Waals surface area contributed by atoms with E-state index in [0.717, 1.165) is 82.3 Å². The van der Waals surface area contributed by atoms with E-state index in [-0.39, 0.29) is 0 Å². The first-order valence-corrected chi connectivity index (χ1v) is 10.9. The molecule has 7 heteroatoms. The lowest BCUT2D eigenvalue weighted by Crippen LogP contribution is -2.49. The summed E-state index contributed by atoms with van der Waals surface area (Å²) in [5.41, 5.74) is 0.988. The average molecular weight is 388 g/mol. The molecule has 28 heavy (non-hydrogen) atoms. The summed E-state index contributed by atoms with van der Waals surface area (Å²) in [6.07, 6.45) is 7.12. The molecule has 7 nitrogen and oxygen atoms in total. The van der Waals surface area contributed by atoms with Crippen LogP contribution in [0.15, 0.2) is 6.07 Å². The first-order valence-electron chi connectivity index (χ1n) is 10.9. The molecule has 4 rings (SSSR count). The van der Waals surface area contributed by atoms with Gasteiger partial charge >= 0.3 is 0 Å². The standard InChI is InChI=1S/C21H33N5O2/c1-17-16-19(24-12-14-28-15-13-24)23-21(22-17)26-10-8-25(9-11-26)20(27)7-6-18-4-2-3-5-18/h16,18H,2-15H2,1H3. The van der Waals surface area contributed by atoms with Crippen LogP contribution in [0.1, 0.15) is 44.2 Å². The Morgan fingerprint density at radius 3 is 2.46 bits per heavy atom. The minimum atomic E-state index is 0.325. The van der Waals surface area contributed by atoms with E-state index in [1.54, 1.807) is 0 Å². The second kappa shape index (κ2) is 9.07. The largest absolute Gasteiger partial charge is 0.378 e. The normalized spacial score (nSPS) is 21.4. The number of ether oxygens (including phenoxy) is 1. The fraction of sp³-hybridized carbons (Fsp3) is 0.762. The van der Waals surface area contributed by atoms with Crippen LogP contribution in [-0.2, 0) is 9.53 Å². The SMILES string of the molecule is Cc1cc(N2CCOCC2)nc(N2CCN(C(=O)CCC3CCCC3)CC2)n1. The van der Waals surface area contributed by atoms with E-state index in [1.807, 2.05) is 11.8 Å². The van der Waals surface area contributed by atoms with Gasteiger partial charge in [-0.1, -0.05) is 25.7 Å². The quantitative estimate of drug-likeness (QED) is 0.772. The number of hydrogen-bond donors (Lipinski definition) is 0. The van der Waals surface area contributed by atoms with Crippen molar-refractivity contribution in [3.8, 4) is 0 Å². The van der Waals surface area contributed by atoms with Gasteiger partial charge in [0, 0.05) is 57.4 Å². The van der Waals surface area contributed by atoms with Crippen LogP contribution in [0.5, 0.6) is 0 Å². The number of aromatic nitrogens is 2. The number of morpholine rings is 1. The van der Waals surface area contributed by atoms with Gasteiger partial charge in [-0.05, 0) is 19.3 Å². The summed E-state index contributed by atoms with van der Waals surface area (Å²) in [6.45, 7) is 8.43. The summed E-state index contributed by atoms with van der Waals surface area (Å²) < 4.78 is 5.45. The van der Waals surface area contributed by atoms with Crippen LogP contribution in [-0.4, -0.2) is 73.3 Å². The first kappa shape index (κ1) is 19.4. The number of anilines is 2. The van der Waals surface area contributed by atoms with E-state index in [0.29, 0.717) is 12.3 Å². The molecule has 3 fully saturated rings. The van der Waals surface area contributed by atoms with Gasteiger partial charge in [-0.2, -0.15) is 4.98 Å². The van der Waals surface area contributed by atoms with E-state index in [4.69, 9.17) is 9.72 Å². The number of carbonyl (C=O) groups excluding carboxylic acids is 1. The van der Waals surface area contributed by atoms with Crippen molar-refractivity contribution in [2.45, 2.75) is 45.4 Å². The van der Waals surface area contributed by atoms with E-state index in [9.17, 15) is 4.79 Å². The van der Waals surface area contributed by atoms with Crippen molar-refractivity contribution >= 4 is 17.7 Å². The summed E-state index contributed by atoms with van der Waals surface area (Å²) in [5, 5.41) is 0.